The molecule has 1 aromatic rings. The van der Waals surface area contributed by atoms with Crippen LogP contribution in [0.1, 0.15) is 50.0 Å². The van der Waals surface area contributed by atoms with E-state index in [1.165, 1.54) is 12.8 Å². The maximum absolute atomic E-state index is 12.6. The van der Waals surface area contributed by atoms with E-state index in [0.717, 1.165) is 41.1 Å². The first-order chi connectivity index (χ1) is 11.2. The van der Waals surface area contributed by atoms with Gasteiger partial charge in [0.1, 0.15) is 0 Å². The smallest absolute Gasteiger partial charge is 0.166 e. The molecular weight excluding hydrogens is 308 g/mol. The van der Waals surface area contributed by atoms with Crippen LogP contribution in [0, 0.1) is 0 Å². The number of benzene rings is 1. The molecule has 3 unspecified atom stereocenters. The van der Waals surface area contributed by atoms with Gasteiger partial charge < -0.3 is 5.32 Å². The molecule has 1 N–H and O–H groups in total. The molecule has 1 fully saturated rings. The molecule has 3 aliphatic rings. The fourth-order valence-electron chi connectivity index (χ4n) is 4.07. The van der Waals surface area contributed by atoms with Gasteiger partial charge in [0.2, 0.25) is 0 Å². The zero-order valence-electron chi connectivity index (χ0n) is 13.1. The second-order valence-corrected chi connectivity index (χ2v) is 7.29. The summed E-state index contributed by atoms with van der Waals surface area (Å²) >= 11 is 6.12. The van der Waals surface area contributed by atoms with Crippen molar-refractivity contribution in [1.29, 1.82) is 0 Å². The molecule has 120 valence electrons. The van der Waals surface area contributed by atoms with Crippen LogP contribution in [0.2, 0.25) is 5.02 Å². The number of allylic oxidation sites excluding steroid dienone is 2. The number of nitrogens with zero attached hydrogens (tertiary/aromatic N) is 1. The first kappa shape index (κ1) is 14.9. The van der Waals surface area contributed by atoms with E-state index >= 15 is 0 Å². The summed E-state index contributed by atoms with van der Waals surface area (Å²) < 4.78 is 0. The van der Waals surface area contributed by atoms with Gasteiger partial charge in [-0.2, -0.15) is 0 Å². The summed E-state index contributed by atoms with van der Waals surface area (Å²) in [6, 6.07) is 8.61. The van der Waals surface area contributed by atoms with Crippen molar-refractivity contribution >= 4 is 23.6 Å². The first-order valence-electron chi connectivity index (χ1n) is 8.52. The highest BCUT2D eigenvalue weighted by molar-refractivity contribution is 6.30. The third kappa shape index (κ3) is 2.94. The number of fused-ring (bicyclic) bond motifs is 1. The Morgan fingerprint density at radius 1 is 1.17 bits per heavy atom. The molecule has 0 radical (unpaired) electrons. The molecule has 0 bridgehead atoms. The number of aliphatic imine (C=N–C) groups is 1. The van der Waals surface area contributed by atoms with E-state index < -0.39 is 0 Å². The van der Waals surface area contributed by atoms with Crippen molar-refractivity contribution < 1.29 is 4.79 Å². The Balaban J connectivity index is 1.62. The lowest BCUT2D eigenvalue weighted by atomic mass is 9.81. The molecule has 1 saturated carbocycles. The third-order valence-electron chi connectivity index (χ3n) is 5.31. The van der Waals surface area contributed by atoms with Crippen LogP contribution in [0.15, 0.2) is 40.5 Å². The number of hydrogen-bond acceptors (Lipinski definition) is 3. The van der Waals surface area contributed by atoms with Crippen LogP contribution in [0.4, 0.5) is 0 Å². The maximum atomic E-state index is 12.6. The molecule has 4 rings (SSSR count). The predicted octanol–water partition coefficient (Wildman–Crippen LogP) is 4.03. The minimum atomic E-state index is 0.200. The minimum Gasteiger partial charge on any atom is -0.383 e. The van der Waals surface area contributed by atoms with E-state index in [2.05, 4.69) is 11.4 Å². The summed E-state index contributed by atoms with van der Waals surface area (Å²) in [4.78, 5) is 17.3. The average Bonchev–Trinajstić information content (AvgIpc) is 2.74. The second-order valence-electron chi connectivity index (χ2n) is 6.86. The molecule has 0 aromatic heterocycles. The lowest BCUT2D eigenvalue weighted by molar-refractivity contribution is -0.115. The summed E-state index contributed by atoms with van der Waals surface area (Å²) in [5.41, 5.74) is 3.04. The van der Waals surface area contributed by atoms with E-state index in [4.69, 9.17) is 16.6 Å². The van der Waals surface area contributed by atoms with Crippen LogP contribution in [-0.4, -0.2) is 24.1 Å². The zero-order valence-corrected chi connectivity index (χ0v) is 13.9. The van der Waals surface area contributed by atoms with Crippen molar-refractivity contribution in [2.75, 3.05) is 0 Å². The van der Waals surface area contributed by atoms with Gasteiger partial charge in [0.25, 0.3) is 0 Å². The van der Waals surface area contributed by atoms with Crippen molar-refractivity contribution in [2.45, 2.75) is 56.5 Å². The number of halogens is 1. The highest BCUT2D eigenvalue weighted by atomic mass is 35.5. The summed E-state index contributed by atoms with van der Waals surface area (Å²) in [6.45, 7) is 0. The van der Waals surface area contributed by atoms with Crippen molar-refractivity contribution in [2.24, 2.45) is 4.99 Å². The molecule has 23 heavy (non-hydrogen) atoms. The quantitative estimate of drug-likeness (QED) is 0.845. The van der Waals surface area contributed by atoms with Gasteiger partial charge in [-0.1, -0.05) is 36.6 Å². The normalized spacial score (nSPS) is 30.3. The van der Waals surface area contributed by atoms with E-state index in [-0.39, 0.29) is 11.7 Å². The standard InChI is InChI=1S/C19H21ClN2O/c20-14-5-3-4-12(8-14)13-9-18-15(19(23)10-13)11-21-16-6-1-2-7-17(16)22-18/h3-5,8,11,13,16-17,22H,1-2,6-7,9-10H2. The largest absolute Gasteiger partial charge is 0.383 e. The second kappa shape index (κ2) is 6.12. The Morgan fingerprint density at radius 3 is 2.91 bits per heavy atom. The average molecular weight is 329 g/mol. The summed E-state index contributed by atoms with van der Waals surface area (Å²) in [5, 5.41) is 4.40. The molecule has 0 spiro atoms. The fraction of sp³-hybridized carbons (Fsp3) is 0.474. The van der Waals surface area contributed by atoms with Gasteiger partial charge in [-0.25, -0.2) is 0 Å². The first-order valence-corrected chi connectivity index (χ1v) is 8.90. The van der Waals surface area contributed by atoms with Crippen LogP contribution in [0.3, 0.4) is 0 Å². The zero-order chi connectivity index (χ0) is 15.8. The third-order valence-corrected chi connectivity index (χ3v) is 5.55. The Bertz CT molecular complexity index is 694. The molecule has 1 heterocycles. The number of rotatable bonds is 1. The monoisotopic (exact) mass is 328 g/mol. The number of Topliss-reactive ketones (excluding diaryl/α,β-unsaturated/α-hetero) is 1. The van der Waals surface area contributed by atoms with E-state index in [9.17, 15) is 4.79 Å². The lowest BCUT2D eigenvalue weighted by Gasteiger charge is -2.32. The van der Waals surface area contributed by atoms with Gasteiger partial charge in [0.15, 0.2) is 5.78 Å². The topological polar surface area (TPSA) is 41.5 Å². The van der Waals surface area contributed by atoms with E-state index in [0.29, 0.717) is 18.5 Å². The Labute approximate surface area is 141 Å². The van der Waals surface area contributed by atoms with Crippen LogP contribution >= 0.6 is 11.6 Å². The van der Waals surface area contributed by atoms with Crippen molar-refractivity contribution in [1.82, 2.24) is 5.32 Å². The molecule has 0 amide bonds. The van der Waals surface area contributed by atoms with E-state index in [1.54, 1.807) is 0 Å². The van der Waals surface area contributed by atoms with Crippen molar-refractivity contribution in [3.63, 3.8) is 0 Å². The molecule has 0 saturated heterocycles. The predicted molar refractivity (Wildman–Crippen MR) is 93.1 cm³/mol. The molecule has 1 aromatic carbocycles. The van der Waals surface area contributed by atoms with Crippen LogP contribution in [-0.2, 0) is 4.79 Å². The number of ketones is 1. The molecular formula is C19H21ClN2O. The molecule has 3 nitrogen and oxygen atoms in total. The van der Waals surface area contributed by atoms with Crippen molar-refractivity contribution in [3.05, 3.63) is 46.1 Å². The van der Waals surface area contributed by atoms with Crippen molar-refractivity contribution in [3.8, 4) is 0 Å². The SMILES string of the molecule is O=C1CC(c2cccc(Cl)c2)CC2=C1C=NC1CCCCC1N2. The molecule has 2 aliphatic carbocycles. The summed E-state index contributed by atoms with van der Waals surface area (Å²) in [5.74, 6) is 0.409. The van der Waals surface area contributed by atoms with Gasteiger partial charge in [-0.15, -0.1) is 0 Å². The Kier molecular flexibility index (Phi) is 3.98. The van der Waals surface area contributed by atoms with Crippen LogP contribution < -0.4 is 5.32 Å². The summed E-state index contributed by atoms with van der Waals surface area (Å²) in [7, 11) is 0. The molecule has 4 heteroatoms. The highest BCUT2D eigenvalue weighted by Crippen LogP contribution is 2.36. The van der Waals surface area contributed by atoms with Crippen LogP contribution in [0.5, 0.6) is 0 Å². The van der Waals surface area contributed by atoms with E-state index in [1.807, 2.05) is 24.4 Å². The summed E-state index contributed by atoms with van der Waals surface area (Å²) in [6.07, 6.45) is 8.02. The Hall–Kier alpha value is -1.61. The fourth-order valence-corrected chi connectivity index (χ4v) is 4.26. The van der Waals surface area contributed by atoms with Gasteiger partial charge in [-0.05, 0) is 42.9 Å². The molecule has 1 aliphatic heterocycles. The lowest BCUT2D eigenvalue weighted by Crippen LogP contribution is -2.41. The highest BCUT2D eigenvalue weighted by Gasteiger charge is 2.33. The van der Waals surface area contributed by atoms with Gasteiger partial charge >= 0.3 is 0 Å². The minimum absolute atomic E-state index is 0.200. The Morgan fingerprint density at radius 2 is 2.04 bits per heavy atom. The van der Waals surface area contributed by atoms with Gasteiger partial charge in [0.05, 0.1) is 11.6 Å². The molecule has 3 atom stereocenters. The van der Waals surface area contributed by atoms with Crippen LogP contribution in [0.25, 0.3) is 0 Å². The van der Waals surface area contributed by atoms with Gasteiger partial charge in [0, 0.05) is 29.4 Å². The number of nitrogens with one attached hydrogen (secondary N) is 1. The number of carbonyl (C=O) groups excluding carboxylic acids is 1. The van der Waals surface area contributed by atoms with Gasteiger partial charge in [-0.3, -0.25) is 9.79 Å². The number of carbonyl (C=O) groups is 1. The maximum Gasteiger partial charge on any atom is 0.166 e. The number of hydrogen-bond donors (Lipinski definition) is 1.